The van der Waals surface area contributed by atoms with Gasteiger partial charge in [0.05, 0.1) is 5.56 Å². The molecule has 2 N–H and O–H groups in total. The van der Waals surface area contributed by atoms with Crippen molar-refractivity contribution in [2.45, 2.75) is 0 Å². The number of nitrogens with zero attached hydrogens (tertiary/aromatic N) is 3. The predicted octanol–water partition coefficient (Wildman–Crippen LogP) is 4.45. The van der Waals surface area contributed by atoms with Gasteiger partial charge in [0.25, 0.3) is 0 Å². The molecule has 2 aromatic heterocycles. The predicted molar refractivity (Wildman–Crippen MR) is 133 cm³/mol. The number of fused-ring (bicyclic) bond motifs is 3. The normalized spacial score (nSPS) is 11.2. The van der Waals surface area contributed by atoms with Crippen LogP contribution in [0, 0.1) is 0 Å². The minimum Gasteiger partial charge on any atom is -0.456 e. The fourth-order valence-corrected chi connectivity index (χ4v) is 4.15. The van der Waals surface area contributed by atoms with Crippen molar-refractivity contribution in [1.29, 1.82) is 0 Å². The molecule has 0 spiro atoms. The molecule has 0 aliphatic carbocycles. The number of rotatable bonds is 4. The minimum atomic E-state index is -1.64. The van der Waals surface area contributed by atoms with Gasteiger partial charge in [-0.15, -0.1) is 0 Å². The summed E-state index contributed by atoms with van der Waals surface area (Å²) in [5, 5.41) is 21.3. The van der Waals surface area contributed by atoms with E-state index in [4.69, 9.17) is 19.4 Å². The highest BCUT2D eigenvalue weighted by Gasteiger charge is 2.22. The van der Waals surface area contributed by atoms with Crippen LogP contribution in [0.3, 0.4) is 0 Å². The van der Waals surface area contributed by atoms with Crippen LogP contribution in [-0.2, 0) is 0 Å². The Bertz CT molecular complexity index is 1580. The number of para-hydroxylation sites is 2. The van der Waals surface area contributed by atoms with Crippen LogP contribution in [0.2, 0.25) is 0 Å². The largest absolute Gasteiger partial charge is 0.492 e. The van der Waals surface area contributed by atoms with Gasteiger partial charge in [-0.25, -0.2) is 15.0 Å². The van der Waals surface area contributed by atoms with E-state index in [1.807, 2.05) is 84.9 Å². The van der Waals surface area contributed by atoms with Crippen LogP contribution in [-0.4, -0.2) is 32.1 Å². The topological polar surface area (TPSA) is 92.3 Å². The zero-order chi connectivity index (χ0) is 23.1. The summed E-state index contributed by atoms with van der Waals surface area (Å²) in [6.07, 6.45) is 0. The second-order valence-corrected chi connectivity index (χ2v) is 7.92. The van der Waals surface area contributed by atoms with Crippen molar-refractivity contribution >= 4 is 34.5 Å². The summed E-state index contributed by atoms with van der Waals surface area (Å²) >= 11 is 0. The van der Waals surface area contributed by atoms with E-state index in [0.717, 1.165) is 21.9 Å². The van der Waals surface area contributed by atoms with E-state index < -0.39 is 7.12 Å². The monoisotopic (exact) mass is 443 g/mol. The average Bonchev–Trinajstić information content (AvgIpc) is 3.28. The van der Waals surface area contributed by atoms with Crippen molar-refractivity contribution in [1.82, 2.24) is 15.0 Å². The average molecular weight is 443 g/mol. The smallest absolute Gasteiger partial charge is 0.456 e. The summed E-state index contributed by atoms with van der Waals surface area (Å²) in [7, 11) is -1.64. The van der Waals surface area contributed by atoms with E-state index >= 15 is 0 Å². The highest BCUT2D eigenvalue weighted by Crippen LogP contribution is 2.35. The third-order valence-corrected chi connectivity index (χ3v) is 5.77. The maximum Gasteiger partial charge on any atom is 0.492 e. The Morgan fingerprint density at radius 2 is 1.06 bits per heavy atom. The number of benzene rings is 4. The molecule has 0 aliphatic rings. The van der Waals surface area contributed by atoms with Crippen LogP contribution in [0.4, 0.5) is 0 Å². The van der Waals surface area contributed by atoms with E-state index in [0.29, 0.717) is 39.7 Å². The number of hydrogen-bond acceptors (Lipinski definition) is 6. The van der Waals surface area contributed by atoms with E-state index in [1.165, 1.54) is 0 Å². The SMILES string of the molecule is OB(O)c1cccc2c1oc1c(-c3nc(-c4ccccc4)nc(-c4ccccc4)n3)cccc12. The van der Waals surface area contributed by atoms with Crippen molar-refractivity contribution in [3.8, 4) is 34.2 Å². The molecule has 0 unspecified atom stereocenters. The summed E-state index contributed by atoms with van der Waals surface area (Å²) in [4.78, 5) is 14.3. The maximum absolute atomic E-state index is 9.82. The molecule has 0 saturated heterocycles. The first kappa shape index (κ1) is 20.3. The molecule has 0 amide bonds. The summed E-state index contributed by atoms with van der Waals surface area (Å²) in [6, 6.07) is 30.6. The first-order chi connectivity index (χ1) is 16.7. The van der Waals surface area contributed by atoms with Crippen LogP contribution < -0.4 is 5.46 Å². The molecule has 162 valence electrons. The first-order valence-corrected chi connectivity index (χ1v) is 10.9. The summed E-state index contributed by atoms with van der Waals surface area (Å²) in [5.41, 5.74) is 3.78. The zero-order valence-electron chi connectivity index (χ0n) is 18.0. The van der Waals surface area contributed by atoms with Crippen LogP contribution in [0.25, 0.3) is 56.1 Å². The summed E-state index contributed by atoms with van der Waals surface area (Å²) in [6.45, 7) is 0. The van der Waals surface area contributed by atoms with E-state index in [-0.39, 0.29) is 0 Å². The Labute approximate surface area is 195 Å². The second-order valence-electron chi connectivity index (χ2n) is 7.92. The van der Waals surface area contributed by atoms with Crippen molar-refractivity contribution < 1.29 is 14.5 Å². The Hall–Kier alpha value is -4.33. The van der Waals surface area contributed by atoms with Gasteiger partial charge in [0, 0.05) is 27.4 Å². The number of furan rings is 1. The van der Waals surface area contributed by atoms with Crippen LogP contribution in [0.1, 0.15) is 0 Å². The van der Waals surface area contributed by atoms with Crippen molar-refractivity contribution in [2.24, 2.45) is 0 Å². The van der Waals surface area contributed by atoms with E-state index in [1.54, 1.807) is 12.1 Å². The lowest BCUT2D eigenvalue weighted by Gasteiger charge is -2.08. The lowest BCUT2D eigenvalue weighted by molar-refractivity contribution is 0.425. The minimum absolute atomic E-state index is 0.310. The summed E-state index contributed by atoms with van der Waals surface area (Å²) < 4.78 is 6.20. The molecule has 0 aliphatic heterocycles. The zero-order valence-corrected chi connectivity index (χ0v) is 18.0. The maximum atomic E-state index is 9.82. The Morgan fingerprint density at radius 3 is 1.65 bits per heavy atom. The molecule has 0 radical (unpaired) electrons. The van der Waals surface area contributed by atoms with Crippen LogP contribution >= 0.6 is 0 Å². The molecule has 34 heavy (non-hydrogen) atoms. The summed E-state index contributed by atoms with van der Waals surface area (Å²) in [5.74, 6) is 1.59. The fraction of sp³-hybridized carbons (Fsp3) is 0. The first-order valence-electron chi connectivity index (χ1n) is 10.9. The third kappa shape index (κ3) is 3.44. The van der Waals surface area contributed by atoms with Gasteiger partial charge in [-0.2, -0.15) is 0 Å². The highest BCUT2D eigenvalue weighted by atomic mass is 16.4. The van der Waals surface area contributed by atoms with Crippen molar-refractivity contribution in [3.05, 3.63) is 97.1 Å². The van der Waals surface area contributed by atoms with Gasteiger partial charge in [-0.3, -0.25) is 0 Å². The molecule has 0 bridgehead atoms. The quantitative estimate of drug-likeness (QED) is 0.391. The van der Waals surface area contributed by atoms with Crippen molar-refractivity contribution in [2.75, 3.05) is 0 Å². The Kier molecular flexibility index (Phi) is 4.91. The number of aromatic nitrogens is 3. The molecule has 0 fully saturated rings. The molecule has 4 aromatic carbocycles. The third-order valence-electron chi connectivity index (χ3n) is 5.77. The van der Waals surface area contributed by atoms with Gasteiger partial charge in [-0.05, 0) is 6.07 Å². The van der Waals surface area contributed by atoms with Crippen LogP contribution in [0.15, 0.2) is 101 Å². The Balaban J connectivity index is 1.63. The molecule has 2 heterocycles. The van der Waals surface area contributed by atoms with E-state index in [2.05, 4.69) is 0 Å². The van der Waals surface area contributed by atoms with Gasteiger partial charge in [0.1, 0.15) is 11.2 Å². The molecular formula is C27H18BN3O3. The molecule has 7 heteroatoms. The second kappa shape index (κ2) is 8.22. The van der Waals surface area contributed by atoms with E-state index in [9.17, 15) is 10.0 Å². The van der Waals surface area contributed by atoms with Crippen molar-refractivity contribution in [3.63, 3.8) is 0 Å². The standard InChI is InChI=1S/C27H18BN3O3/c32-28(33)22-16-8-14-20-19-13-7-15-21(23(19)34-24(20)22)27-30-25(17-9-3-1-4-10-17)29-26(31-27)18-11-5-2-6-12-18/h1-16,32-33H. The van der Waals surface area contributed by atoms with Gasteiger partial charge < -0.3 is 14.5 Å². The van der Waals surface area contributed by atoms with Gasteiger partial charge >= 0.3 is 7.12 Å². The highest BCUT2D eigenvalue weighted by molar-refractivity contribution is 6.61. The van der Waals surface area contributed by atoms with Gasteiger partial charge in [-0.1, -0.05) is 91.0 Å². The Morgan fingerprint density at radius 1 is 0.529 bits per heavy atom. The lowest BCUT2D eigenvalue weighted by Crippen LogP contribution is -2.29. The van der Waals surface area contributed by atoms with Gasteiger partial charge in [0.15, 0.2) is 17.5 Å². The van der Waals surface area contributed by atoms with Crippen LogP contribution in [0.5, 0.6) is 0 Å². The lowest BCUT2D eigenvalue weighted by atomic mass is 9.79. The molecule has 6 aromatic rings. The molecule has 0 saturated carbocycles. The molecule has 6 rings (SSSR count). The fourth-order valence-electron chi connectivity index (χ4n) is 4.15. The molecular weight excluding hydrogens is 425 g/mol. The molecule has 0 atom stereocenters. The van der Waals surface area contributed by atoms with Gasteiger partial charge in [0.2, 0.25) is 0 Å². The molecule has 6 nitrogen and oxygen atoms in total. The number of hydrogen-bond donors (Lipinski definition) is 2.